The standard InChI is InChI=1S/C7H6N3/c8-4-7-5-2-1-3-6(5)9-10-7/h1-3H2. The van der Waals surface area contributed by atoms with Crippen LogP contribution >= 0.6 is 0 Å². The summed E-state index contributed by atoms with van der Waals surface area (Å²) in [6.45, 7) is 0. The second-order valence-corrected chi connectivity index (χ2v) is 2.44. The van der Waals surface area contributed by atoms with Crippen LogP contribution in [0, 0.1) is 11.3 Å². The molecule has 0 unspecified atom stereocenters. The third-order valence-electron chi connectivity index (χ3n) is 1.85. The molecule has 1 aliphatic heterocycles. The summed E-state index contributed by atoms with van der Waals surface area (Å²) < 4.78 is 0. The van der Waals surface area contributed by atoms with Crippen LogP contribution in [0.4, 0.5) is 0 Å². The lowest BCUT2D eigenvalue weighted by Gasteiger charge is -1.87. The van der Waals surface area contributed by atoms with Crippen LogP contribution in [-0.4, -0.2) is 5.71 Å². The van der Waals surface area contributed by atoms with Crippen molar-refractivity contribution >= 4 is 5.71 Å². The van der Waals surface area contributed by atoms with Crippen molar-refractivity contribution in [2.45, 2.75) is 19.3 Å². The third kappa shape index (κ3) is 0.561. The number of allylic oxidation sites excluding steroid dienone is 2. The maximum Gasteiger partial charge on any atom is 0.168 e. The molecule has 0 aromatic carbocycles. The van der Waals surface area contributed by atoms with Crippen LogP contribution in [0.15, 0.2) is 16.4 Å². The topological polar surface area (TPSA) is 50.2 Å². The van der Waals surface area contributed by atoms with Gasteiger partial charge in [-0.2, -0.15) is 10.7 Å². The predicted octanol–water partition coefficient (Wildman–Crippen LogP) is 0.922. The van der Waals surface area contributed by atoms with Crippen molar-refractivity contribution in [3.05, 3.63) is 11.3 Å². The molecule has 1 radical (unpaired) electrons. The zero-order valence-corrected chi connectivity index (χ0v) is 5.46. The van der Waals surface area contributed by atoms with Gasteiger partial charge in [-0.25, -0.2) is 0 Å². The van der Waals surface area contributed by atoms with E-state index in [0.29, 0.717) is 5.71 Å². The Kier molecular flexibility index (Phi) is 1.01. The molecule has 0 atom stereocenters. The average Bonchev–Trinajstić information content (AvgIpc) is 2.44. The van der Waals surface area contributed by atoms with Gasteiger partial charge < -0.3 is 0 Å². The Hall–Kier alpha value is -1.30. The summed E-state index contributed by atoms with van der Waals surface area (Å²) in [5.74, 6) is 0. The van der Waals surface area contributed by atoms with E-state index >= 15 is 0 Å². The van der Waals surface area contributed by atoms with Gasteiger partial charge >= 0.3 is 0 Å². The summed E-state index contributed by atoms with van der Waals surface area (Å²) >= 11 is 0. The fraction of sp³-hybridized carbons (Fsp3) is 0.429. The van der Waals surface area contributed by atoms with Gasteiger partial charge in [0.2, 0.25) is 0 Å². The van der Waals surface area contributed by atoms with Gasteiger partial charge in [-0.1, -0.05) is 0 Å². The lowest BCUT2D eigenvalue weighted by atomic mass is 10.1. The molecular formula is C7H6N3. The van der Waals surface area contributed by atoms with Gasteiger partial charge in [0.15, 0.2) is 5.71 Å². The van der Waals surface area contributed by atoms with E-state index in [-0.39, 0.29) is 0 Å². The minimum atomic E-state index is 0.535. The van der Waals surface area contributed by atoms with Gasteiger partial charge in [0, 0.05) is 5.57 Å². The number of nitriles is 1. The lowest BCUT2D eigenvalue weighted by molar-refractivity contribution is 0.796. The quantitative estimate of drug-likeness (QED) is 0.483. The Bertz CT molecular complexity index is 267. The molecule has 2 aliphatic rings. The second kappa shape index (κ2) is 1.84. The molecule has 3 heteroatoms. The maximum atomic E-state index is 8.54. The van der Waals surface area contributed by atoms with E-state index in [0.717, 1.165) is 30.5 Å². The van der Waals surface area contributed by atoms with Gasteiger partial charge in [-0.05, 0) is 19.3 Å². The summed E-state index contributed by atoms with van der Waals surface area (Å²) in [5.41, 5.74) is 6.55. The molecule has 1 aliphatic carbocycles. The highest BCUT2D eigenvalue weighted by Gasteiger charge is 2.24. The highest BCUT2D eigenvalue weighted by atomic mass is 15.3. The molecule has 10 heavy (non-hydrogen) atoms. The molecular weight excluding hydrogens is 126 g/mol. The lowest BCUT2D eigenvalue weighted by Crippen LogP contribution is -1.92. The SMILES string of the molecule is N#CC1=N[N]C2=C1CCC2. The van der Waals surface area contributed by atoms with Crippen molar-refractivity contribution in [1.82, 2.24) is 5.43 Å². The summed E-state index contributed by atoms with van der Waals surface area (Å²) in [4.78, 5) is 0. The van der Waals surface area contributed by atoms with Crippen molar-refractivity contribution < 1.29 is 0 Å². The molecule has 0 saturated carbocycles. The smallest absolute Gasteiger partial charge is 0.168 e. The average molecular weight is 132 g/mol. The molecule has 0 bridgehead atoms. The second-order valence-electron chi connectivity index (χ2n) is 2.44. The molecule has 0 saturated heterocycles. The molecule has 0 N–H and O–H groups in total. The van der Waals surface area contributed by atoms with Crippen molar-refractivity contribution in [3.63, 3.8) is 0 Å². The van der Waals surface area contributed by atoms with Gasteiger partial charge in [-0.15, -0.1) is 5.10 Å². The molecule has 0 aromatic heterocycles. The highest BCUT2D eigenvalue weighted by Crippen LogP contribution is 2.29. The summed E-state index contributed by atoms with van der Waals surface area (Å²) in [5, 5.41) is 12.3. The van der Waals surface area contributed by atoms with Crippen LogP contribution in [0.5, 0.6) is 0 Å². The fourth-order valence-corrected chi connectivity index (χ4v) is 1.35. The number of hydrogen-bond donors (Lipinski definition) is 0. The first-order valence-corrected chi connectivity index (χ1v) is 3.33. The van der Waals surface area contributed by atoms with E-state index in [1.165, 1.54) is 0 Å². The molecule has 0 amide bonds. The normalized spacial score (nSPS) is 21.7. The third-order valence-corrected chi connectivity index (χ3v) is 1.85. The van der Waals surface area contributed by atoms with Crippen molar-refractivity contribution in [1.29, 1.82) is 5.26 Å². The molecule has 3 nitrogen and oxygen atoms in total. The minimum absolute atomic E-state index is 0.535. The van der Waals surface area contributed by atoms with Crippen LogP contribution in [0.2, 0.25) is 0 Å². The van der Waals surface area contributed by atoms with Crippen LogP contribution < -0.4 is 5.43 Å². The number of hydrogen-bond acceptors (Lipinski definition) is 2. The van der Waals surface area contributed by atoms with Gasteiger partial charge in [-0.3, -0.25) is 0 Å². The van der Waals surface area contributed by atoms with E-state index in [1.807, 2.05) is 6.07 Å². The van der Waals surface area contributed by atoms with Gasteiger partial charge in [0.1, 0.15) is 6.07 Å². The Balaban J connectivity index is 2.36. The van der Waals surface area contributed by atoms with E-state index in [9.17, 15) is 0 Å². The van der Waals surface area contributed by atoms with E-state index in [2.05, 4.69) is 10.5 Å². The van der Waals surface area contributed by atoms with E-state index < -0.39 is 0 Å². The highest BCUT2D eigenvalue weighted by molar-refractivity contribution is 6.13. The molecule has 1 heterocycles. The van der Waals surface area contributed by atoms with Crippen LogP contribution in [-0.2, 0) is 0 Å². The van der Waals surface area contributed by atoms with Gasteiger partial charge in [0.05, 0.1) is 5.70 Å². The van der Waals surface area contributed by atoms with Crippen molar-refractivity contribution in [2.75, 3.05) is 0 Å². The largest absolute Gasteiger partial charge is 0.191 e. The molecule has 0 spiro atoms. The first-order valence-electron chi connectivity index (χ1n) is 3.33. The Labute approximate surface area is 59.0 Å². The van der Waals surface area contributed by atoms with Crippen molar-refractivity contribution in [3.8, 4) is 6.07 Å². The molecule has 0 fully saturated rings. The Morgan fingerprint density at radius 1 is 1.40 bits per heavy atom. The van der Waals surface area contributed by atoms with E-state index in [4.69, 9.17) is 5.26 Å². The van der Waals surface area contributed by atoms with Crippen LogP contribution in [0.1, 0.15) is 19.3 Å². The maximum absolute atomic E-state index is 8.54. The minimum Gasteiger partial charge on any atom is -0.191 e. The van der Waals surface area contributed by atoms with Crippen LogP contribution in [0.3, 0.4) is 0 Å². The number of nitrogens with zero attached hydrogens (tertiary/aromatic N) is 3. The molecule has 2 rings (SSSR count). The van der Waals surface area contributed by atoms with Crippen LogP contribution in [0.25, 0.3) is 0 Å². The van der Waals surface area contributed by atoms with Gasteiger partial charge in [0.25, 0.3) is 0 Å². The zero-order chi connectivity index (χ0) is 6.97. The summed E-state index contributed by atoms with van der Waals surface area (Å²) in [7, 11) is 0. The fourth-order valence-electron chi connectivity index (χ4n) is 1.35. The Morgan fingerprint density at radius 2 is 2.30 bits per heavy atom. The Morgan fingerprint density at radius 3 is 3.10 bits per heavy atom. The summed E-state index contributed by atoms with van der Waals surface area (Å²) in [6.07, 6.45) is 3.13. The number of rotatable bonds is 0. The zero-order valence-electron chi connectivity index (χ0n) is 5.46. The predicted molar refractivity (Wildman–Crippen MR) is 36.1 cm³/mol. The first-order chi connectivity index (χ1) is 4.92. The van der Waals surface area contributed by atoms with E-state index in [1.54, 1.807) is 0 Å². The molecule has 0 aromatic rings. The summed E-state index contributed by atoms with van der Waals surface area (Å²) in [6, 6.07) is 2.03. The van der Waals surface area contributed by atoms with Crippen molar-refractivity contribution in [2.24, 2.45) is 5.10 Å². The molecule has 49 valence electrons. The first kappa shape index (κ1) is 5.48. The monoisotopic (exact) mass is 132 g/mol.